The van der Waals surface area contributed by atoms with Gasteiger partial charge in [0.1, 0.15) is 0 Å². The first-order valence-electron chi connectivity index (χ1n) is 13.4. The fourth-order valence-corrected chi connectivity index (χ4v) is 4.80. The molecule has 0 bridgehead atoms. The summed E-state index contributed by atoms with van der Waals surface area (Å²) in [5.41, 5.74) is 2.32. The molecule has 6 nitrogen and oxygen atoms in total. The van der Waals surface area contributed by atoms with Gasteiger partial charge in [0, 0.05) is 0 Å². The first kappa shape index (κ1) is 27.2. The molecule has 0 aromatic carbocycles. The number of hydrogen-bond donors (Lipinski definition) is 0. The van der Waals surface area contributed by atoms with Gasteiger partial charge < -0.3 is 27.9 Å². The Balaban J connectivity index is 1.60. The van der Waals surface area contributed by atoms with E-state index < -0.39 is 55.0 Å². The Labute approximate surface area is 223 Å². The molecule has 37 heavy (non-hydrogen) atoms. The Kier molecular flexibility index (Phi) is 5.95. The van der Waals surface area contributed by atoms with Crippen LogP contribution in [-0.4, -0.2) is 55.0 Å². The maximum Gasteiger partial charge on any atom is 0.494 e. The van der Waals surface area contributed by atoms with Gasteiger partial charge in [-0.05, 0) is 111 Å². The lowest BCUT2D eigenvalue weighted by Gasteiger charge is -2.32. The maximum absolute atomic E-state index is 6.45. The van der Waals surface area contributed by atoms with Crippen LogP contribution in [0, 0.1) is 0 Å². The van der Waals surface area contributed by atoms with Crippen molar-refractivity contribution < 1.29 is 27.9 Å². The monoisotopic (exact) mass is 506 g/mol. The third kappa shape index (κ3) is 4.40. The molecular formula is C28H41B3O6. The largest absolute Gasteiger partial charge is 0.494 e. The van der Waals surface area contributed by atoms with Gasteiger partial charge in [0.25, 0.3) is 0 Å². The molecule has 0 atom stereocenters. The second-order valence-electron chi connectivity index (χ2n) is 13.9. The Morgan fingerprint density at radius 1 is 0.351 bits per heavy atom. The Bertz CT molecular complexity index is 1070. The lowest BCUT2D eigenvalue weighted by Crippen LogP contribution is -2.41. The van der Waals surface area contributed by atoms with Gasteiger partial charge >= 0.3 is 21.4 Å². The summed E-state index contributed by atoms with van der Waals surface area (Å²) in [6, 6.07) is 10.7. The zero-order valence-electron chi connectivity index (χ0n) is 24.6. The van der Waals surface area contributed by atoms with Crippen LogP contribution in [0.5, 0.6) is 0 Å². The standard InChI is InChI=1S/C28H41B3O6/c1-23(2)24(3,4)33-29(32-23)20-13-18-15-21(30-34-25(5,6)26(7,8)35-30)17-22(16-19(18)14-20)31-36-27(9,10)28(11,12)37-31/h13-17H,1-12H3. The first-order valence-corrected chi connectivity index (χ1v) is 13.4. The van der Waals surface area contributed by atoms with Crippen molar-refractivity contribution in [3.63, 3.8) is 0 Å². The average molecular weight is 506 g/mol. The third-order valence-corrected chi connectivity index (χ3v) is 9.53. The van der Waals surface area contributed by atoms with Gasteiger partial charge in [-0.2, -0.15) is 0 Å². The molecule has 3 saturated heterocycles. The minimum absolute atomic E-state index is 0.409. The van der Waals surface area contributed by atoms with Gasteiger partial charge in [0.2, 0.25) is 0 Å². The van der Waals surface area contributed by atoms with Crippen LogP contribution in [0.3, 0.4) is 0 Å². The molecule has 3 fully saturated rings. The minimum Gasteiger partial charge on any atom is -0.399 e. The van der Waals surface area contributed by atoms with E-state index in [4.69, 9.17) is 27.9 Å². The molecular weight excluding hydrogens is 465 g/mol. The van der Waals surface area contributed by atoms with Crippen molar-refractivity contribution in [2.45, 2.75) is 117 Å². The van der Waals surface area contributed by atoms with Crippen LogP contribution in [0.2, 0.25) is 0 Å². The van der Waals surface area contributed by atoms with Crippen LogP contribution in [0.25, 0.3) is 11.1 Å². The summed E-state index contributed by atoms with van der Waals surface area (Å²) in [6.07, 6.45) is 0. The van der Waals surface area contributed by atoms with E-state index in [-0.39, 0.29) is 0 Å². The predicted octanol–water partition coefficient (Wildman–Crippen LogP) is 3.69. The predicted molar refractivity (Wildman–Crippen MR) is 150 cm³/mol. The topological polar surface area (TPSA) is 55.4 Å². The van der Waals surface area contributed by atoms with E-state index in [0.29, 0.717) is 0 Å². The summed E-state index contributed by atoms with van der Waals surface area (Å²) >= 11 is 0. The fraction of sp³-hybridized carbons (Fsp3) is 0.643. The highest BCUT2D eigenvalue weighted by molar-refractivity contribution is 6.66. The quantitative estimate of drug-likeness (QED) is 0.593. The van der Waals surface area contributed by atoms with E-state index in [1.807, 2.05) is 0 Å². The highest BCUT2D eigenvalue weighted by atomic mass is 16.7. The van der Waals surface area contributed by atoms with E-state index >= 15 is 0 Å². The summed E-state index contributed by atoms with van der Waals surface area (Å²) < 4.78 is 38.5. The number of hydrogen-bond acceptors (Lipinski definition) is 6. The Morgan fingerprint density at radius 3 is 0.757 bits per heavy atom. The molecule has 2 aliphatic carbocycles. The van der Waals surface area contributed by atoms with E-state index in [9.17, 15) is 0 Å². The number of fused-ring (bicyclic) bond motifs is 1. The molecule has 0 amide bonds. The molecule has 0 saturated carbocycles. The summed E-state index contributed by atoms with van der Waals surface area (Å²) in [5.74, 6) is 0. The Hall–Kier alpha value is -1.35. The second kappa shape index (κ2) is 8.09. The van der Waals surface area contributed by atoms with Crippen molar-refractivity contribution in [1.82, 2.24) is 0 Å². The first-order chi connectivity index (χ1) is 16.7. The van der Waals surface area contributed by atoms with Crippen LogP contribution >= 0.6 is 0 Å². The van der Waals surface area contributed by atoms with Gasteiger partial charge in [-0.25, -0.2) is 0 Å². The smallest absolute Gasteiger partial charge is 0.399 e. The van der Waals surface area contributed by atoms with Crippen LogP contribution < -0.4 is 16.4 Å². The molecule has 198 valence electrons. The lowest BCUT2D eigenvalue weighted by atomic mass is 9.74. The van der Waals surface area contributed by atoms with Gasteiger partial charge in [-0.3, -0.25) is 0 Å². The summed E-state index contributed by atoms with van der Waals surface area (Å²) in [6.45, 7) is 24.8. The summed E-state index contributed by atoms with van der Waals surface area (Å²) in [7, 11) is -1.47. The number of rotatable bonds is 3. The maximum atomic E-state index is 6.45. The molecule has 0 unspecified atom stereocenters. The van der Waals surface area contributed by atoms with Crippen LogP contribution in [-0.2, 0) is 27.9 Å². The average Bonchev–Trinajstić information content (AvgIpc) is 3.30. The van der Waals surface area contributed by atoms with E-state index in [1.54, 1.807) is 0 Å². The lowest BCUT2D eigenvalue weighted by molar-refractivity contribution is 0.00578. The molecule has 5 aliphatic rings. The van der Waals surface area contributed by atoms with Crippen molar-refractivity contribution in [2.24, 2.45) is 0 Å². The molecule has 0 radical (unpaired) electrons. The van der Waals surface area contributed by atoms with Crippen LogP contribution in [0.1, 0.15) is 83.1 Å². The SMILES string of the molecule is CC1(C)OB(c2cc(B3OC(C)(C)C(C)(C)O3)cc3cc(B4OC(C)(C)C(C)(C)O4)cc-3c2)OC1(C)C. The van der Waals surface area contributed by atoms with Crippen LogP contribution in [0.15, 0.2) is 30.3 Å². The van der Waals surface area contributed by atoms with Crippen molar-refractivity contribution in [2.75, 3.05) is 0 Å². The molecule has 9 heteroatoms. The van der Waals surface area contributed by atoms with E-state index in [0.717, 1.165) is 27.5 Å². The second-order valence-corrected chi connectivity index (χ2v) is 13.9. The summed E-state index contributed by atoms with van der Waals surface area (Å²) in [5, 5.41) is 0. The van der Waals surface area contributed by atoms with Gasteiger partial charge in [-0.1, -0.05) is 30.3 Å². The third-order valence-electron chi connectivity index (χ3n) is 9.53. The minimum atomic E-state index is -0.517. The zero-order chi connectivity index (χ0) is 27.4. The van der Waals surface area contributed by atoms with Crippen molar-refractivity contribution in [1.29, 1.82) is 0 Å². The normalized spacial score (nSPS) is 26.9. The molecule has 0 aromatic rings. The van der Waals surface area contributed by atoms with E-state index in [2.05, 4.69) is 113 Å². The van der Waals surface area contributed by atoms with Crippen LogP contribution in [0.4, 0.5) is 0 Å². The van der Waals surface area contributed by atoms with Crippen molar-refractivity contribution in [3.05, 3.63) is 30.3 Å². The van der Waals surface area contributed by atoms with Gasteiger partial charge in [0.15, 0.2) is 0 Å². The van der Waals surface area contributed by atoms with Gasteiger partial charge in [0.05, 0.1) is 33.6 Å². The molecule has 3 aliphatic heterocycles. The molecule has 3 heterocycles. The highest BCUT2D eigenvalue weighted by Crippen LogP contribution is 2.39. The van der Waals surface area contributed by atoms with Gasteiger partial charge in [-0.15, -0.1) is 0 Å². The zero-order valence-corrected chi connectivity index (χ0v) is 24.6. The molecule has 0 spiro atoms. The van der Waals surface area contributed by atoms with Crippen molar-refractivity contribution in [3.8, 4) is 11.1 Å². The molecule has 0 aromatic heterocycles. The van der Waals surface area contributed by atoms with E-state index in [1.165, 1.54) is 0 Å². The Morgan fingerprint density at radius 2 is 0.541 bits per heavy atom. The summed E-state index contributed by atoms with van der Waals surface area (Å²) in [4.78, 5) is 0. The molecule has 5 rings (SSSR count). The van der Waals surface area contributed by atoms with Crippen molar-refractivity contribution >= 4 is 37.7 Å². The highest BCUT2D eigenvalue weighted by Gasteiger charge is 2.55. The fourth-order valence-electron chi connectivity index (χ4n) is 4.80. The molecule has 0 N–H and O–H groups in total.